The molecule has 32 heavy (non-hydrogen) atoms. The first-order chi connectivity index (χ1) is 15.4. The van der Waals surface area contributed by atoms with E-state index >= 15 is 0 Å². The van der Waals surface area contributed by atoms with Gasteiger partial charge in [-0.05, 0) is 45.4 Å². The number of anilines is 1. The highest BCUT2D eigenvalue weighted by Gasteiger charge is 2.39. The first-order valence-electron chi connectivity index (χ1n) is 10.7. The van der Waals surface area contributed by atoms with Crippen molar-refractivity contribution in [3.63, 3.8) is 0 Å². The number of thiazole rings is 1. The van der Waals surface area contributed by atoms with Gasteiger partial charge in [0.25, 0.3) is 5.91 Å². The molecule has 1 aromatic heterocycles. The normalized spacial score (nSPS) is 16.5. The van der Waals surface area contributed by atoms with Gasteiger partial charge in [0.05, 0.1) is 17.5 Å². The van der Waals surface area contributed by atoms with Crippen molar-refractivity contribution in [2.24, 2.45) is 0 Å². The van der Waals surface area contributed by atoms with Crippen LogP contribution < -0.4 is 9.64 Å². The first-order valence-corrected chi connectivity index (χ1v) is 11.6. The fraction of sp³-hybridized carbons (Fsp3) is 0.320. The van der Waals surface area contributed by atoms with Crippen LogP contribution in [0.5, 0.6) is 5.75 Å². The Balaban J connectivity index is 1.73. The van der Waals surface area contributed by atoms with E-state index in [0.29, 0.717) is 17.9 Å². The number of hydrogen-bond donors (Lipinski definition) is 0. The maximum atomic E-state index is 13.1. The predicted octanol–water partition coefficient (Wildman–Crippen LogP) is 5.32. The molecule has 2 atom stereocenters. The molecule has 0 radical (unpaired) electrons. The molecule has 2 aromatic carbocycles. The molecule has 0 N–H and O–H groups in total. The molecule has 3 aromatic rings. The number of ether oxygens (including phenoxy) is 2. The summed E-state index contributed by atoms with van der Waals surface area (Å²) in [6.45, 7) is 7.16. The SMILES string of the molecule is CCC(C(=O)OC(C)C)N1C(=O)C(C)Oc2ccc(-c3csc(-c4ccccc4)n3)cc21. The van der Waals surface area contributed by atoms with Crippen molar-refractivity contribution in [2.75, 3.05) is 4.90 Å². The van der Waals surface area contributed by atoms with Crippen molar-refractivity contribution in [3.8, 4) is 27.6 Å². The van der Waals surface area contributed by atoms with Gasteiger partial charge in [-0.15, -0.1) is 11.3 Å². The van der Waals surface area contributed by atoms with Crippen LogP contribution in [-0.2, 0) is 14.3 Å². The predicted molar refractivity (Wildman–Crippen MR) is 126 cm³/mol. The summed E-state index contributed by atoms with van der Waals surface area (Å²) in [7, 11) is 0. The van der Waals surface area contributed by atoms with Crippen LogP contribution >= 0.6 is 11.3 Å². The zero-order valence-electron chi connectivity index (χ0n) is 18.6. The zero-order valence-corrected chi connectivity index (χ0v) is 19.4. The highest BCUT2D eigenvalue weighted by Crippen LogP contribution is 2.40. The number of benzene rings is 2. The standard InChI is InChI=1S/C25H26N2O4S/c1-5-20(25(29)30-15(2)3)27-21-13-18(11-12-22(21)31-16(4)24(27)28)19-14-32-23(26-19)17-9-7-6-8-10-17/h6-16,20H,5H2,1-4H3. The number of aromatic nitrogens is 1. The molecular formula is C25H26N2O4S. The lowest BCUT2D eigenvalue weighted by atomic mass is 10.0. The van der Waals surface area contributed by atoms with E-state index < -0.39 is 18.1 Å². The summed E-state index contributed by atoms with van der Waals surface area (Å²) in [6.07, 6.45) is -0.511. The largest absolute Gasteiger partial charge is 0.479 e. The number of esters is 1. The smallest absolute Gasteiger partial charge is 0.329 e. The molecule has 0 aliphatic carbocycles. The van der Waals surface area contributed by atoms with Gasteiger partial charge in [0, 0.05) is 16.5 Å². The Bertz CT molecular complexity index is 1130. The molecule has 2 unspecified atom stereocenters. The van der Waals surface area contributed by atoms with Crippen LogP contribution in [0.2, 0.25) is 0 Å². The first kappa shape index (κ1) is 22.0. The Morgan fingerprint density at radius 2 is 1.94 bits per heavy atom. The summed E-state index contributed by atoms with van der Waals surface area (Å²) in [5.74, 6) is -0.109. The quantitative estimate of drug-likeness (QED) is 0.475. The molecule has 2 heterocycles. The van der Waals surface area contributed by atoms with Crippen LogP contribution in [0.1, 0.15) is 34.1 Å². The third kappa shape index (κ3) is 4.25. The summed E-state index contributed by atoms with van der Waals surface area (Å²) < 4.78 is 11.3. The minimum absolute atomic E-state index is 0.259. The van der Waals surface area contributed by atoms with Crippen LogP contribution in [0.15, 0.2) is 53.9 Å². The molecule has 1 amide bonds. The lowest BCUT2D eigenvalue weighted by Gasteiger charge is -2.37. The topological polar surface area (TPSA) is 68.7 Å². The Morgan fingerprint density at radius 1 is 1.19 bits per heavy atom. The van der Waals surface area contributed by atoms with Gasteiger partial charge in [-0.2, -0.15) is 0 Å². The number of rotatable bonds is 6. The van der Waals surface area contributed by atoms with Gasteiger partial charge >= 0.3 is 5.97 Å². The van der Waals surface area contributed by atoms with Crippen molar-refractivity contribution in [2.45, 2.75) is 52.4 Å². The van der Waals surface area contributed by atoms with Crippen molar-refractivity contribution in [3.05, 3.63) is 53.9 Å². The number of carbonyl (C=O) groups excluding carboxylic acids is 2. The molecule has 0 fully saturated rings. The van der Waals surface area contributed by atoms with Crippen molar-refractivity contribution in [1.29, 1.82) is 0 Å². The molecular weight excluding hydrogens is 424 g/mol. The number of nitrogens with zero attached hydrogens (tertiary/aromatic N) is 2. The minimum Gasteiger partial charge on any atom is -0.479 e. The van der Waals surface area contributed by atoms with Crippen molar-refractivity contribution >= 4 is 28.9 Å². The Labute approximate surface area is 191 Å². The fourth-order valence-electron chi connectivity index (χ4n) is 3.73. The van der Waals surface area contributed by atoms with E-state index in [1.54, 1.807) is 32.1 Å². The monoisotopic (exact) mass is 450 g/mol. The molecule has 7 heteroatoms. The highest BCUT2D eigenvalue weighted by molar-refractivity contribution is 7.13. The van der Waals surface area contributed by atoms with Crippen LogP contribution in [0.25, 0.3) is 21.8 Å². The number of amides is 1. The molecule has 0 saturated carbocycles. The van der Waals surface area contributed by atoms with Crippen molar-refractivity contribution < 1.29 is 19.1 Å². The van der Waals surface area contributed by atoms with Gasteiger partial charge in [-0.25, -0.2) is 9.78 Å². The Hall–Kier alpha value is -3.19. The van der Waals surface area contributed by atoms with E-state index in [1.807, 2.05) is 60.8 Å². The molecule has 6 nitrogen and oxygen atoms in total. The Morgan fingerprint density at radius 3 is 2.62 bits per heavy atom. The van der Waals surface area contributed by atoms with E-state index in [9.17, 15) is 9.59 Å². The second kappa shape index (κ2) is 9.12. The second-order valence-electron chi connectivity index (χ2n) is 7.96. The van der Waals surface area contributed by atoms with Gasteiger partial charge in [-0.1, -0.05) is 37.3 Å². The summed E-state index contributed by atoms with van der Waals surface area (Å²) in [5.41, 5.74) is 3.27. The fourth-order valence-corrected chi connectivity index (χ4v) is 4.56. The van der Waals surface area contributed by atoms with E-state index in [0.717, 1.165) is 21.8 Å². The molecule has 1 aliphatic heterocycles. The number of fused-ring (bicyclic) bond motifs is 1. The second-order valence-corrected chi connectivity index (χ2v) is 8.82. The zero-order chi connectivity index (χ0) is 22.8. The van der Waals surface area contributed by atoms with E-state index in [2.05, 4.69) is 0 Å². The van der Waals surface area contributed by atoms with Crippen molar-refractivity contribution in [1.82, 2.24) is 4.98 Å². The number of hydrogen-bond acceptors (Lipinski definition) is 6. The third-order valence-corrected chi connectivity index (χ3v) is 6.14. The minimum atomic E-state index is -0.722. The third-order valence-electron chi connectivity index (χ3n) is 5.25. The maximum absolute atomic E-state index is 13.1. The molecule has 4 rings (SSSR count). The maximum Gasteiger partial charge on any atom is 0.329 e. The van der Waals surface area contributed by atoms with E-state index in [-0.39, 0.29) is 12.0 Å². The summed E-state index contributed by atoms with van der Waals surface area (Å²) >= 11 is 1.56. The average molecular weight is 451 g/mol. The average Bonchev–Trinajstić information content (AvgIpc) is 3.27. The van der Waals surface area contributed by atoms with Crippen LogP contribution in [0, 0.1) is 0 Å². The van der Waals surface area contributed by atoms with E-state index in [4.69, 9.17) is 14.5 Å². The molecule has 1 aliphatic rings. The molecule has 166 valence electrons. The lowest BCUT2D eigenvalue weighted by molar-refractivity contribution is -0.150. The van der Waals surface area contributed by atoms with Gasteiger partial charge in [0.15, 0.2) is 6.10 Å². The molecule has 0 spiro atoms. The van der Waals surface area contributed by atoms with Crippen LogP contribution in [0.3, 0.4) is 0 Å². The summed E-state index contributed by atoms with van der Waals surface area (Å²) in [6, 6.07) is 14.9. The van der Waals surface area contributed by atoms with Crippen LogP contribution in [-0.4, -0.2) is 35.1 Å². The Kier molecular flexibility index (Phi) is 6.28. The number of carbonyl (C=O) groups is 2. The van der Waals surface area contributed by atoms with Gasteiger partial charge in [-0.3, -0.25) is 9.69 Å². The van der Waals surface area contributed by atoms with Gasteiger partial charge in [0.2, 0.25) is 0 Å². The van der Waals surface area contributed by atoms with E-state index in [1.165, 1.54) is 4.90 Å². The molecule has 0 saturated heterocycles. The summed E-state index contributed by atoms with van der Waals surface area (Å²) in [5, 5.41) is 2.91. The van der Waals surface area contributed by atoms with Crippen LogP contribution in [0.4, 0.5) is 5.69 Å². The van der Waals surface area contributed by atoms with Gasteiger partial charge < -0.3 is 9.47 Å². The molecule has 0 bridgehead atoms. The lowest BCUT2D eigenvalue weighted by Crippen LogP contribution is -2.53. The highest BCUT2D eigenvalue weighted by atomic mass is 32.1. The summed E-state index contributed by atoms with van der Waals surface area (Å²) in [4.78, 5) is 32.2. The van der Waals surface area contributed by atoms with Gasteiger partial charge in [0.1, 0.15) is 16.8 Å².